The van der Waals surface area contributed by atoms with E-state index in [1.54, 1.807) is 18.2 Å². The zero-order valence-corrected chi connectivity index (χ0v) is 12.8. The molecule has 0 bridgehead atoms. The van der Waals surface area contributed by atoms with Gasteiger partial charge in [0.25, 0.3) is 0 Å². The molecule has 2 amide bonds. The molecule has 0 fully saturated rings. The maximum Gasteiger partial charge on any atom is 0.319 e. The third-order valence-corrected chi connectivity index (χ3v) is 3.27. The van der Waals surface area contributed by atoms with Gasteiger partial charge in [-0.2, -0.15) is 0 Å². The Morgan fingerprint density at radius 2 is 1.77 bits per heavy atom. The Morgan fingerprint density at radius 3 is 2.50 bits per heavy atom. The lowest BCUT2D eigenvalue weighted by atomic mass is 10.1. The van der Waals surface area contributed by atoms with Crippen LogP contribution in [0.2, 0.25) is 0 Å². The number of amides is 2. The van der Waals surface area contributed by atoms with E-state index in [9.17, 15) is 9.18 Å². The van der Waals surface area contributed by atoms with Crippen LogP contribution in [0.3, 0.4) is 0 Å². The van der Waals surface area contributed by atoms with E-state index in [-0.39, 0.29) is 11.8 Å². The summed E-state index contributed by atoms with van der Waals surface area (Å²) >= 11 is 0. The number of hydrogen-bond acceptors (Lipinski definition) is 2. The molecule has 5 heteroatoms. The summed E-state index contributed by atoms with van der Waals surface area (Å²) in [6, 6.07) is 13.8. The van der Waals surface area contributed by atoms with Gasteiger partial charge in [-0.1, -0.05) is 30.3 Å². The van der Waals surface area contributed by atoms with Crippen LogP contribution in [0.5, 0.6) is 0 Å². The van der Waals surface area contributed by atoms with Crippen molar-refractivity contribution in [3.8, 4) is 0 Å². The Hall–Kier alpha value is -2.56. The second-order valence-electron chi connectivity index (χ2n) is 5.13. The minimum atomic E-state index is -0.300. The number of anilines is 2. The molecule has 2 N–H and O–H groups in total. The van der Waals surface area contributed by atoms with Crippen LogP contribution in [-0.2, 0) is 6.42 Å². The predicted molar refractivity (Wildman–Crippen MR) is 87.9 cm³/mol. The van der Waals surface area contributed by atoms with E-state index < -0.39 is 0 Å². The zero-order valence-electron chi connectivity index (χ0n) is 12.8. The SMILES string of the molecule is CN(C)c1ccccc1NC(=O)NCCc1ccccc1F. The second kappa shape index (κ2) is 7.45. The predicted octanol–water partition coefficient (Wildman–Crippen LogP) is 3.26. The fourth-order valence-electron chi connectivity index (χ4n) is 2.15. The number of rotatable bonds is 5. The third kappa shape index (κ3) is 4.22. The summed E-state index contributed by atoms with van der Waals surface area (Å²) in [5.41, 5.74) is 2.25. The molecule has 2 aromatic rings. The van der Waals surface area contributed by atoms with Crippen molar-refractivity contribution in [1.82, 2.24) is 5.32 Å². The van der Waals surface area contributed by atoms with Crippen LogP contribution in [0, 0.1) is 5.82 Å². The smallest absolute Gasteiger partial charge is 0.319 e. The first-order chi connectivity index (χ1) is 10.6. The highest BCUT2D eigenvalue weighted by Gasteiger charge is 2.07. The molecule has 0 saturated heterocycles. The quantitative estimate of drug-likeness (QED) is 0.890. The van der Waals surface area contributed by atoms with Gasteiger partial charge in [0.05, 0.1) is 11.4 Å². The van der Waals surface area contributed by atoms with Crippen LogP contribution in [0.1, 0.15) is 5.56 Å². The van der Waals surface area contributed by atoms with Crippen molar-refractivity contribution in [2.75, 3.05) is 30.9 Å². The van der Waals surface area contributed by atoms with Crippen molar-refractivity contribution < 1.29 is 9.18 Å². The maximum atomic E-state index is 13.5. The monoisotopic (exact) mass is 301 g/mol. The van der Waals surface area contributed by atoms with Crippen molar-refractivity contribution in [1.29, 1.82) is 0 Å². The van der Waals surface area contributed by atoms with E-state index in [1.807, 2.05) is 43.3 Å². The lowest BCUT2D eigenvalue weighted by molar-refractivity contribution is 0.252. The fourth-order valence-corrected chi connectivity index (χ4v) is 2.15. The van der Waals surface area contributed by atoms with Crippen LogP contribution in [0.25, 0.3) is 0 Å². The molecule has 0 unspecified atom stereocenters. The fraction of sp³-hybridized carbons (Fsp3) is 0.235. The topological polar surface area (TPSA) is 44.4 Å². The summed E-state index contributed by atoms with van der Waals surface area (Å²) in [7, 11) is 3.83. The van der Waals surface area contributed by atoms with Crippen molar-refractivity contribution in [3.63, 3.8) is 0 Å². The van der Waals surface area contributed by atoms with Crippen LogP contribution in [-0.4, -0.2) is 26.7 Å². The van der Waals surface area contributed by atoms with Crippen LogP contribution in [0.15, 0.2) is 48.5 Å². The van der Waals surface area contributed by atoms with E-state index >= 15 is 0 Å². The Kier molecular flexibility index (Phi) is 5.36. The molecule has 22 heavy (non-hydrogen) atoms. The molecule has 0 saturated carbocycles. The summed E-state index contributed by atoms with van der Waals surface area (Å²) in [6.45, 7) is 0.372. The van der Waals surface area contributed by atoms with Gasteiger partial charge in [-0.05, 0) is 30.2 Å². The first-order valence-corrected chi connectivity index (χ1v) is 7.12. The summed E-state index contributed by atoms with van der Waals surface area (Å²) < 4.78 is 13.5. The maximum absolute atomic E-state index is 13.5. The molecule has 0 aliphatic heterocycles. The lowest BCUT2D eigenvalue weighted by Crippen LogP contribution is -2.31. The molecular weight excluding hydrogens is 281 g/mol. The number of hydrogen-bond donors (Lipinski definition) is 2. The first kappa shape index (κ1) is 15.8. The molecule has 0 aliphatic carbocycles. The van der Waals surface area contributed by atoms with Gasteiger partial charge in [0.1, 0.15) is 5.82 Å². The van der Waals surface area contributed by atoms with Crippen molar-refractivity contribution >= 4 is 17.4 Å². The molecule has 4 nitrogen and oxygen atoms in total. The molecule has 0 atom stereocenters. The number of nitrogens with one attached hydrogen (secondary N) is 2. The summed E-state index contributed by atoms with van der Waals surface area (Å²) in [5.74, 6) is -0.248. The van der Waals surface area contributed by atoms with E-state index in [0.717, 1.165) is 11.4 Å². The normalized spacial score (nSPS) is 10.1. The standard InChI is InChI=1S/C17H20FN3O/c1-21(2)16-10-6-5-9-15(16)20-17(22)19-12-11-13-7-3-4-8-14(13)18/h3-10H,11-12H2,1-2H3,(H2,19,20,22). The number of carbonyl (C=O) groups excluding carboxylic acids is 1. The summed E-state index contributed by atoms with van der Waals surface area (Å²) in [5, 5.41) is 5.55. The molecule has 0 radical (unpaired) electrons. The highest BCUT2D eigenvalue weighted by molar-refractivity contribution is 5.93. The van der Waals surface area contributed by atoms with Gasteiger partial charge in [0, 0.05) is 20.6 Å². The Morgan fingerprint density at radius 1 is 1.09 bits per heavy atom. The number of halogens is 1. The van der Waals surface area contributed by atoms with Crippen molar-refractivity contribution in [2.24, 2.45) is 0 Å². The van der Waals surface area contributed by atoms with E-state index in [4.69, 9.17) is 0 Å². The lowest BCUT2D eigenvalue weighted by Gasteiger charge is -2.18. The molecule has 0 heterocycles. The molecular formula is C17H20FN3O. The van der Waals surface area contributed by atoms with Crippen LogP contribution < -0.4 is 15.5 Å². The molecule has 2 rings (SSSR count). The van der Waals surface area contributed by atoms with Gasteiger partial charge in [0.2, 0.25) is 0 Å². The Balaban J connectivity index is 1.88. The number of para-hydroxylation sites is 2. The van der Waals surface area contributed by atoms with E-state index in [1.165, 1.54) is 6.07 Å². The average molecular weight is 301 g/mol. The van der Waals surface area contributed by atoms with Crippen LogP contribution >= 0.6 is 0 Å². The number of urea groups is 1. The molecule has 0 aliphatic rings. The van der Waals surface area contributed by atoms with E-state index in [2.05, 4.69) is 10.6 Å². The van der Waals surface area contributed by atoms with Gasteiger partial charge in [-0.3, -0.25) is 0 Å². The van der Waals surface area contributed by atoms with Gasteiger partial charge in [0.15, 0.2) is 0 Å². The van der Waals surface area contributed by atoms with Crippen molar-refractivity contribution in [3.05, 3.63) is 59.9 Å². The third-order valence-electron chi connectivity index (χ3n) is 3.27. The molecule has 116 valence electrons. The largest absolute Gasteiger partial charge is 0.376 e. The molecule has 0 spiro atoms. The minimum Gasteiger partial charge on any atom is -0.376 e. The number of carbonyl (C=O) groups is 1. The van der Waals surface area contributed by atoms with Crippen molar-refractivity contribution in [2.45, 2.75) is 6.42 Å². The second-order valence-corrected chi connectivity index (χ2v) is 5.13. The summed E-state index contributed by atoms with van der Waals surface area (Å²) in [6.07, 6.45) is 0.454. The molecule has 0 aromatic heterocycles. The number of nitrogens with zero attached hydrogens (tertiary/aromatic N) is 1. The molecule has 2 aromatic carbocycles. The van der Waals surface area contributed by atoms with Crippen LogP contribution in [0.4, 0.5) is 20.6 Å². The first-order valence-electron chi connectivity index (χ1n) is 7.12. The minimum absolute atomic E-state index is 0.248. The Labute approximate surface area is 129 Å². The summed E-state index contributed by atoms with van der Waals surface area (Å²) in [4.78, 5) is 13.9. The average Bonchev–Trinajstić information content (AvgIpc) is 2.49. The van der Waals surface area contributed by atoms with E-state index in [0.29, 0.717) is 18.5 Å². The Bertz CT molecular complexity index is 643. The van der Waals surface area contributed by atoms with Gasteiger partial charge >= 0.3 is 6.03 Å². The zero-order chi connectivity index (χ0) is 15.9. The highest BCUT2D eigenvalue weighted by Crippen LogP contribution is 2.23. The van der Waals surface area contributed by atoms with Gasteiger partial charge in [-0.15, -0.1) is 0 Å². The number of benzene rings is 2. The highest BCUT2D eigenvalue weighted by atomic mass is 19.1. The van der Waals surface area contributed by atoms with Gasteiger partial charge < -0.3 is 15.5 Å². The van der Waals surface area contributed by atoms with Gasteiger partial charge in [-0.25, -0.2) is 9.18 Å².